The standard InChI is InChI=1S/C18H15N5O2/c1-10-7-11(9-23(2)18(10)25)15-8-12(17(24)22-21-15)16-19-13-5-3-4-6-14(13)20-16/h3-9H,1-2H3,(H,19,20)(H,22,24). The lowest BCUT2D eigenvalue weighted by molar-refractivity contribution is 0.848. The fourth-order valence-corrected chi connectivity index (χ4v) is 2.83. The van der Waals surface area contributed by atoms with Gasteiger partial charge in [-0.1, -0.05) is 12.1 Å². The Hall–Kier alpha value is -3.48. The zero-order valence-corrected chi connectivity index (χ0v) is 13.7. The van der Waals surface area contributed by atoms with Crippen LogP contribution in [-0.4, -0.2) is 24.7 Å². The topological polar surface area (TPSA) is 96.4 Å². The Bertz CT molecular complexity index is 1160. The number of hydrogen-bond acceptors (Lipinski definition) is 4. The van der Waals surface area contributed by atoms with E-state index in [0.29, 0.717) is 22.6 Å². The minimum Gasteiger partial charge on any atom is -0.338 e. The van der Waals surface area contributed by atoms with Crippen LogP contribution in [0.3, 0.4) is 0 Å². The molecule has 2 N–H and O–H groups in total. The smallest absolute Gasteiger partial charge is 0.275 e. The van der Waals surface area contributed by atoms with Crippen LogP contribution in [0.1, 0.15) is 5.56 Å². The van der Waals surface area contributed by atoms with Crippen LogP contribution in [0.4, 0.5) is 0 Å². The van der Waals surface area contributed by atoms with Crippen LogP contribution < -0.4 is 11.1 Å². The summed E-state index contributed by atoms with van der Waals surface area (Å²) in [6.45, 7) is 1.75. The molecular formula is C18H15N5O2. The molecule has 7 nitrogen and oxygen atoms in total. The molecule has 25 heavy (non-hydrogen) atoms. The van der Waals surface area contributed by atoms with Gasteiger partial charge in [-0.25, -0.2) is 10.1 Å². The Labute approximate surface area is 142 Å². The predicted molar refractivity (Wildman–Crippen MR) is 95.4 cm³/mol. The summed E-state index contributed by atoms with van der Waals surface area (Å²) >= 11 is 0. The monoisotopic (exact) mass is 333 g/mol. The molecule has 0 atom stereocenters. The van der Waals surface area contributed by atoms with Crippen LogP contribution in [0, 0.1) is 6.92 Å². The van der Waals surface area contributed by atoms with Crippen molar-refractivity contribution in [2.24, 2.45) is 7.05 Å². The van der Waals surface area contributed by atoms with E-state index in [9.17, 15) is 9.59 Å². The van der Waals surface area contributed by atoms with Gasteiger partial charge in [-0.05, 0) is 31.2 Å². The fourth-order valence-electron chi connectivity index (χ4n) is 2.83. The van der Waals surface area contributed by atoms with Gasteiger partial charge < -0.3 is 9.55 Å². The number of hydrogen-bond donors (Lipinski definition) is 2. The van der Waals surface area contributed by atoms with E-state index in [0.717, 1.165) is 16.6 Å². The number of rotatable bonds is 2. The molecule has 3 aromatic heterocycles. The quantitative estimate of drug-likeness (QED) is 0.586. The van der Waals surface area contributed by atoms with E-state index in [1.807, 2.05) is 24.3 Å². The minimum absolute atomic E-state index is 0.0642. The second-order valence-electron chi connectivity index (χ2n) is 5.93. The molecule has 7 heteroatoms. The van der Waals surface area contributed by atoms with E-state index in [-0.39, 0.29) is 11.1 Å². The Morgan fingerprint density at radius 2 is 1.92 bits per heavy atom. The maximum Gasteiger partial charge on any atom is 0.275 e. The van der Waals surface area contributed by atoms with E-state index < -0.39 is 0 Å². The molecule has 0 amide bonds. The Balaban J connectivity index is 1.89. The van der Waals surface area contributed by atoms with Gasteiger partial charge >= 0.3 is 0 Å². The van der Waals surface area contributed by atoms with Crippen molar-refractivity contribution in [2.45, 2.75) is 6.92 Å². The van der Waals surface area contributed by atoms with Crippen LogP contribution in [0.25, 0.3) is 33.7 Å². The molecule has 0 aliphatic rings. The first-order valence-electron chi connectivity index (χ1n) is 7.75. The van der Waals surface area contributed by atoms with Gasteiger partial charge in [0.25, 0.3) is 11.1 Å². The lowest BCUT2D eigenvalue weighted by Crippen LogP contribution is -2.19. The SMILES string of the molecule is Cc1cc(-c2cc(-c3nc4ccccc4[nH]3)c(=O)[nH]n2)cn(C)c1=O. The average molecular weight is 333 g/mol. The number of para-hydroxylation sites is 2. The van der Waals surface area contributed by atoms with E-state index >= 15 is 0 Å². The van der Waals surface area contributed by atoms with Crippen molar-refractivity contribution < 1.29 is 0 Å². The van der Waals surface area contributed by atoms with Gasteiger partial charge in [-0.15, -0.1) is 0 Å². The number of aryl methyl sites for hydroxylation is 2. The molecule has 0 aliphatic carbocycles. The Morgan fingerprint density at radius 1 is 1.12 bits per heavy atom. The molecule has 0 saturated carbocycles. The molecule has 0 aliphatic heterocycles. The van der Waals surface area contributed by atoms with Gasteiger partial charge in [0.2, 0.25) is 0 Å². The molecule has 1 aromatic carbocycles. The number of aromatic nitrogens is 5. The van der Waals surface area contributed by atoms with Crippen molar-refractivity contribution in [1.29, 1.82) is 0 Å². The summed E-state index contributed by atoms with van der Waals surface area (Å²) in [5, 5.41) is 6.62. The summed E-state index contributed by atoms with van der Waals surface area (Å²) in [6, 6.07) is 11.0. The van der Waals surface area contributed by atoms with Crippen molar-refractivity contribution in [3.8, 4) is 22.6 Å². The summed E-state index contributed by atoms with van der Waals surface area (Å²) in [4.78, 5) is 31.7. The van der Waals surface area contributed by atoms with Crippen molar-refractivity contribution >= 4 is 11.0 Å². The molecule has 124 valence electrons. The first kappa shape index (κ1) is 15.1. The zero-order valence-electron chi connectivity index (χ0n) is 13.7. The number of nitrogens with zero attached hydrogens (tertiary/aromatic N) is 3. The minimum atomic E-state index is -0.329. The van der Waals surface area contributed by atoms with Crippen LogP contribution in [0.5, 0.6) is 0 Å². The van der Waals surface area contributed by atoms with Crippen molar-refractivity contribution in [2.75, 3.05) is 0 Å². The molecule has 0 unspecified atom stereocenters. The third-order valence-corrected chi connectivity index (χ3v) is 4.11. The van der Waals surface area contributed by atoms with E-state index in [1.165, 1.54) is 4.57 Å². The van der Waals surface area contributed by atoms with E-state index in [1.54, 1.807) is 32.3 Å². The van der Waals surface area contributed by atoms with Gasteiger partial charge in [0.15, 0.2) is 0 Å². The highest BCUT2D eigenvalue weighted by Gasteiger charge is 2.12. The summed E-state index contributed by atoms with van der Waals surface area (Å²) in [5.41, 5.74) is 3.56. The lowest BCUT2D eigenvalue weighted by atomic mass is 10.1. The predicted octanol–water partition coefficient (Wildman–Crippen LogP) is 1.99. The summed E-state index contributed by atoms with van der Waals surface area (Å²) in [6.07, 6.45) is 1.69. The third-order valence-electron chi connectivity index (χ3n) is 4.11. The molecule has 0 bridgehead atoms. The first-order valence-corrected chi connectivity index (χ1v) is 7.75. The van der Waals surface area contributed by atoms with Crippen LogP contribution in [-0.2, 0) is 7.05 Å². The normalized spacial score (nSPS) is 11.1. The number of imidazole rings is 1. The van der Waals surface area contributed by atoms with Crippen LogP contribution >= 0.6 is 0 Å². The number of benzene rings is 1. The van der Waals surface area contributed by atoms with Crippen LogP contribution in [0.15, 0.2) is 52.2 Å². The highest BCUT2D eigenvalue weighted by atomic mass is 16.1. The highest BCUT2D eigenvalue weighted by Crippen LogP contribution is 2.21. The highest BCUT2D eigenvalue weighted by molar-refractivity contribution is 5.79. The van der Waals surface area contributed by atoms with Gasteiger partial charge in [0, 0.05) is 24.4 Å². The van der Waals surface area contributed by atoms with Crippen molar-refractivity contribution in [1.82, 2.24) is 24.7 Å². The molecule has 4 rings (SSSR count). The molecular weight excluding hydrogens is 318 g/mol. The maximum absolute atomic E-state index is 12.2. The summed E-state index contributed by atoms with van der Waals surface area (Å²) < 4.78 is 1.50. The second kappa shape index (κ2) is 5.55. The zero-order chi connectivity index (χ0) is 17.6. The largest absolute Gasteiger partial charge is 0.338 e. The number of aromatic amines is 2. The summed E-state index contributed by atoms with van der Waals surface area (Å²) in [5.74, 6) is 0.479. The number of H-pyrrole nitrogens is 2. The molecule has 0 spiro atoms. The van der Waals surface area contributed by atoms with Gasteiger partial charge in [0.1, 0.15) is 5.82 Å². The molecule has 3 heterocycles. The fraction of sp³-hybridized carbons (Fsp3) is 0.111. The number of nitrogens with one attached hydrogen (secondary N) is 2. The van der Waals surface area contributed by atoms with Gasteiger partial charge in [-0.3, -0.25) is 9.59 Å². The summed E-state index contributed by atoms with van der Waals surface area (Å²) in [7, 11) is 1.69. The van der Waals surface area contributed by atoms with Gasteiger partial charge in [0.05, 0.1) is 22.3 Å². The Kier molecular flexibility index (Phi) is 3.35. The number of fused-ring (bicyclic) bond motifs is 1. The average Bonchev–Trinajstić information content (AvgIpc) is 3.03. The second-order valence-corrected chi connectivity index (χ2v) is 5.93. The molecule has 0 fully saturated rings. The molecule has 4 aromatic rings. The van der Waals surface area contributed by atoms with E-state index in [4.69, 9.17) is 0 Å². The first-order chi connectivity index (χ1) is 12.0. The third kappa shape index (κ3) is 2.55. The Morgan fingerprint density at radius 3 is 2.68 bits per heavy atom. The van der Waals surface area contributed by atoms with E-state index in [2.05, 4.69) is 20.2 Å². The molecule has 0 radical (unpaired) electrons. The lowest BCUT2D eigenvalue weighted by Gasteiger charge is -2.06. The van der Waals surface area contributed by atoms with Crippen molar-refractivity contribution in [3.63, 3.8) is 0 Å². The molecule has 0 saturated heterocycles. The van der Waals surface area contributed by atoms with Gasteiger partial charge in [-0.2, -0.15) is 5.10 Å². The van der Waals surface area contributed by atoms with Crippen LogP contribution in [0.2, 0.25) is 0 Å². The maximum atomic E-state index is 12.2. The van der Waals surface area contributed by atoms with Crippen molar-refractivity contribution in [3.05, 3.63) is 68.9 Å². The number of pyridine rings is 1.